The van der Waals surface area contributed by atoms with Crippen LogP contribution < -0.4 is 15.0 Å². The third kappa shape index (κ3) is 6.30. The van der Waals surface area contributed by atoms with Crippen molar-refractivity contribution in [3.05, 3.63) is 94.6 Å². The van der Waals surface area contributed by atoms with Gasteiger partial charge in [-0.15, -0.1) is 0 Å². The topological polar surface area (TPSA) is 27.7 Å². The maximum absolute atomic E-state index is 16.0. The Morgan fingerprint density at radius 2 is 1.64 bits per heavy atom. The van der Waals surface area contributed by atoms with Crippen LogP contribution in [0.1, 0.15) is 60.4 Å². The number of anilines is 1. The van der Waals surface area contributed by atoms with E-state index in [9.17, 15) is 8.78 Å². The van der Waals surface area contributed by atoms with Gasteiger partial charge in [0.1, 0.15) is 24.0 Å². The molecule has 0 bridgehead atoms. The minimum atomic E-state index is -2.62. The molecule has 3 aliphatic heterocycles. The fourth-order valence-electron chi connectivity index (χ4n) is 7.20. The van der Waals surface area contributed by atoms with Gasteiger partial charge in [0.05, 0.1) is 12.6 Å². The highest BCUT2D eigenvalue weighted by molar-refractivity contribution is 5.53. The van der Waals surface area contributed by atoms with E-state index in [2.05, 4.69) is 10.2 Å². The summed E-state index contributed by atoms with van der Waals surface area (Å²) in [6.45, 7) is 3.69. The van der Waals surface area contributed by atoms with Gasteiger partial charge in [0, 0.05) is 30.9 Å². The Balaban J connectivity index is 1.27. The number of halogens is 4. The molecular weight excluding hydrogens is 542 g/mol. The van der Waals surface area contributed by atoms with Gasteiger partial charge in [-0.05, 0) is 98.0 Å². The molecule has 1 atom stereocenters. The van der Waals surface area contributed by atoms with Gasteiger partial charge in [-0.2, -0.15) is 0 Å². The Morgan fingerprint density at radius 1 is 0.905 bits per heavy atom. The molecule has 3 aromatic carbocycles. The van der Waals surface area contributed by atoms with E-state index < -0.39 is 30.6 Å². The molecule has 0 amide bonds. The predicted molar refractivity (Wildman–Crippen MR) is 157 cm³/mol. The highest BCUT2D eigenvalue weighted by Gasteiger charge is 2.39. The summed E-state index contributed by atoms with van der Waals surface area (Å²) < 4.78 is 65.2. The van der Waals surface area contributed by atoms with Crippen molar-refractivity contribution in [1.82, 2.24) is 10.2 Å². The molecular formula is C34H39F4N3O. The number of benzene rings is 3. The molecule has 0 aromatic heterocycles. The van der Waals surface area contributed by atoms with Gasteiger partial charge in [0.15, 0.2) is 0 Å². The number of nitrogens with one attached hydrogen (secondary N) is 1. The number of hydrogen-bond acceptors (Lipinski definition) is 4. The van der Waals surface area contributed by atoms with Crippen LogP contribution in [-0.2, 0) is 13.0 Å². The monoisotopic (exact) mass is 581 g/mol. The van der Waals surface area contributed by atoms with Gasteiger partial charge in [0.2, 0.25) is 0 Å². The van der Waals surface area contributed by atoms with Gasteiger partial charge in [-0.1, -0.05) is 36.4 Å². The van der Waals surface area contributed by atoms with Crippen molar-refractivity contribution in [2.45, 2.75) is 57.6 Å². The maximum Gasteiger partial charge on any atom is 0.251 e. The molecule has 1 unspecified atom stereocenters. The van der Waals surface area contributed by atoms with Crippen LogP contribution in [0.4, 0.5) is 23.2 Å². The Labute approximate surface area is 245 Å². The lowest BCUT2D eigenvalue weighted by atomic mass is 9.77. The van der Waals surface area contributed by atoms with E-state index >= 15 is 8.78 Å². The average molecular weight is 582 g/mol. The smallest absolute Gasteiger partial charge is 0.251 e. The van der Waals surface area contributed by atoms with Crippen molar-refractivity contribution < 1.29 is 22.3 Å². The van der Waals surface area contributed by atoms with Crippen LogP contribution in [0.3, 0.4) is 0 Å². The molecule has 3 aliphatic rings. The molecule has 8 heteroatoms. The zero-order valence-electron chi connectivity index (χ0n) is 23.9. The normalized spacial score (nSPS) is 20.9. The van der Waals surface area contributed by atoms with E-state index in [1.54, 1.807) is 12.1 Å². The van der Waals surface area contributed by atoms with Gasteiger partial charge >= 0.3 is 0 Å². The summed E-state index contributed by atoms with van der Waals surface area (Å²) >= 11 is 0. The van der Waals surface area contributed by atoms with Gasteiger partial charge in [0.25, 0.3) is 6.43 Å². The summed E-state index contributed by atoms with van der Waals surface area (Å²) in [4.78, 5) is 3.61. The molecule has 6 rings (SSSR count). The number of fused-ring (bicyclic) bond motifs is 1. The van der Waals surface area contributed by atoms with Gasteiger partial charge in [-0.3, -0.25) is 4.90 Å². The van der Waals surface area contributed by atoms with Crippen molar-refractivity contribution >= 4 is 5.69 Å². The van der Waals surface area contributed by atoms with Crippen LogP contribution in [0, 0.1) is 17.0 Å². The molecule has 3 aromatic rings. The summed E-state index contributed by atoms with van der Waals surface area (Å²) in [6, 6.07) is 17.1. The number of alkyl halides is 2. The van der Waals surface area contributed by atoms with E-state index in [0.29, 0.717) is 30.0 Å². The van der Waals surface area contributed by atoms with Gasteiger partial charge < -0.3 is 15.0 Å². The van der Waals surface area contributed by atoms with Crippen LogP contribution in [0.5, 0.6) is 5.75 Å². The average Bonchev–Trinajstić information content (AvgIpc) is 3.40. The lowest BCUT2D eigenvalue weighted by Gasteiger charge is -2.38. The number of hydrogen-bond donors (Lipinski definition) is 1. The largest absolute Gasteiger partial charge is 0.489 e. The van der Waals surface area contributed by atoms with E-state index in [-0.39, 0.29) is 17.5 Å². The molecule has 1 N–H and O–H groups in total. The Bertz CT molecular complexity index is 1340. The van der Waals surface area contributed by atoms with Gasteiger partial charge in [-0.25, -0.2) is 17.6 Å². The zero-order chi connectivity index (χ0) is 29.1. The third-order valence-electron chi connectivity index (χ3n) is 9.33. The summed E-state index contributed by atoms with van der Waals surface area (Å²) in [5, 5.41) is 3.46. The number of rotatable bonds is 7. The first kappa shape index (κ1) is 29.0. The Hall–Kier alpha value is -3.10. The lowest BCUT2D eigenvalue weighted by molar-refractivity contribution is 0.0686. The Morgan fingerprint density at radius 3 is 2.36 bits per heavy atom. The SMILES string of the molecule is Fc1cc(N2CCC3(CCCNCCC3)C2)cc(F)c1C1c2ccc(OCc3ccccc3)cc2CCN1CC(F)F. The second kappa shape index (κ2) is 12.6. The summed E-state index contributed by atoms with van der Waals surface area (Å²) in [7, 11) is 0. The first-order valence-corrected chi connectivity index (χ1v) is 15.2. The minimum Gasteiger partial charge on any atom is -0.489 e. The molecule has 0 saturated carbocycles. The second-order valence-corrected chi connectivity index (χ2v) is 12.1. The van der Waals surface area contributed by atoms with Crippen molar-refractivity contribution in [3.8, 4) is 5.75 Å². The molecule has 42 heavy (non-hydrogen) atoms. The summed E-state index contributed by atoms with van der Waals surface area (Å²) in [5.74, 6) is -0.730. The van der Waals surface area contributed by atoms with Crippen LogP contribution >= 0.6 is 0 Å². The lowest BCUT2D eigenvalue weighted by Crippen LogP contribution is -2.40. The fraction of sp³-hybridized carbons (Fsp3) is 0.471. The molecule has 0 radical (unpaired) electrons. The standard InChI is InChI=1S/C34H39F4N3O/c35-29-19-26(41-17-13-34(23-41)11-4-14-39-15-5-12-34)20-30(36)32(29)33-28-9-8-27(42-22-24-6-2-1-3-7-24)18-25(28)10-16-40(33)21-31(37)38/h1-3,6-9,18-20,31,33,39H,4-5,10-17,21-23H2. The molecule has 1 spiro atoms. The van der Waals surface area contributed by atoms with Crippen LogP contribution in [0.2, 0.25) is 0 Å². The molecule has 3 heterocycles. The third-order valence-corrected chi connectivity index (χ3v) is 9.33. The van der Waals surface area contributed by atoms with Crippen LogP contribution in [-0.4, -0.2) is 50.6 Å². The summed E-state index contributed by atoms with van der Waals surface area (Å²) in [6.07, 6.45) is 3.33. The molecule has 4 nitrogen and oxygen atoms in total. The zero-order valence-corrected chi connectivity index (χ0v) is 23.9. The first-order chi connectivity index (χ1) is 20.4. The molecule has 2 saturated heterocycles. The quantitative estimate of drug-likeness (QED) is 0.301. The maximum atomic E-state index is 16.0. The highest BCUT2D eigenvalue weighted by atomic mass is 19.3. The molecule has 224 valence electrons. The first-order valence-electron chi connectivity index (χ1n) is 15.2. The van der Waals surface area contributed by atoms with Crippen molar-refractivity contribution in [2.75, 3.05) is 44.2 Å². The Kier molecular flexibility index (Phi) is 8.72. The number of nitrogens with zero attached hydrogens (tertiary/aromatic N) is 2. The predicted octanol–water partition coefficient (Wildman–Crippen LogP) is 7.12. The van der Waals surface area contributed by atoms with E-state index in [1.165, 1.54) is 17.0 Å². The van der Waals surface area contributed by atoms with E-state index in [4.69, 9.17) is 4.74 Å². The molecule has 2 fully saturated rings. The fourth-order valence-corrected chi connectivity index (χ4v) is 7.20. The highest BCUT2D eigenvalue weighted by Crippen LogP contribution is 2.44. The minimum absolute atomic E-state index is 0.163. The van der Waals surface area contributed by atoms with Crippen LogP contribution in [0.25, 0.3) is 0 Å². The number of ether oxygens (including phenoxy) is 1. The second-order valence-electron chi connectivity index (χ2n) is 12.1. The van der Waals surface area contributed by atoms with Crippen molar-refractivity contribution in [1.29, 1.82) is 0 Å². The summed E-state index contributed by atoms with van der Waals surface area (Å²) in [5.41, 5.74) is 3.08. The molecule has 0 aliphatic carbocycles. The van der Waals surface area contributed by atoms with E-state index in [1.807, 2.05) is 36.4 Å². The van der Waals surface area contributed by atoms with Crippen molar-refractivity contribution in [3.63, 3.8) is 0 Å². The van der Waals surface area contributed by atoms with Crippen LogP contribution in [0.15, 0.2) is 60.7 Å². The van der Waals surface area contributed by atoms with Crippen molar-refractivity contribution in [2.24, 2.45) is 5.41 Å². The van der Waals surface area contributed by atoms with E-state index in [0.717, 1.165) is 69.4 Å².